The molecule has 1 aromatic heterocycles. The van der Waals surface area contributed by atoms with Gasteiger partial charge in [-0.3, -0.25) is 4.79 Å². The molecule has 6 nitrogen and oxygen atoms in total. The van der Waals surface area contributed by atoms with Crippen molar-refractivity contribution < 1.29 is 9.53 Å². The zero-order valence-electron chi connectivity index (χ0n) is 14.9. The molecule has 25 heavy (non-hydrogen) atoms. The summed E-state index contributed by atoms with van der Waals surface area (Å²) in [5, 5.41) is 8.55. The number of aromatic nitrogens is 3. The van der Waals surface area contributed by atoms with E-state index in [-0.39, 0.29) is 5.91 Å². The van der Waals surface area contributed by atoms with Crippen molar-refractivity contribution in [3.8, 4) is 5.75 Å². The molecule has 1 aliphatic heterocycles. The van der Waals surface area contributed by atoms with Gasteiger partial charge in [0.25, 0.3) is 0 Å². The summed E-state index contributed by atoms with van der Waals surface area (Å²) in [6, 6.07) is 6.08. The summed E-state index contributed by atoms with van der Waals surface area (Å²) >= 11 is 0. The minimum absolute atomic E-state index is 0.0904. The fourth-order valence-electron chi connectivity index (χ4n) is 3.34. The molecule has 0 atom stereocenters. The normalized spacial score (nSPS) is 16.2. The first-order valence-electron chi connectivity index (χ1n) is 8.98. The van der Waals surface area contributed by atoms with Crippen LogP contribution in [0, 0.1) is 0 Å². The van der Waals surface area contributed by atoms with E-state index in [0.29, 0.717) is 18.9 Å². The average molecular weight is 340 g/mol. The third-order valence-electron chi connectivity index (χ3n) is 5.07. The lowest BCUT2D eigenvalue weighted by molar-refractivity contribution is -0.129. The molecule has 1 saturated carbocycles. The minimum atomic E-state index is 0.0904. The van der Waals surface area contributed by atoms with E-state index in [9.17, 15) is 4.79 Å². The van der Waals surface area contributed by atoms with Crippen LogP contribution in [0.2, 0.25) is 0 Å². The highest BCUT2D eigenvalue weighted by Crippen LogP contribution is 2.38. The molecule has 6 heteroatoms. The summed E-state index contributed by atoms with van der Waals surface area (Å²) in [6.07, 6.45) is 4.86. The van der Waals surface area contributed by atoms with Gasteiger partial charge in [0.05, 0.1) is 19.6 Å². The quantitative estimate of drug-likeness (QED) is 0.837. The van der Waals surface area contributed by atoms with Crippen LogP contribution in [-0.2, 0) is 31.2 Å². The Kier molecular flexibility index (Phi) is 4.19. The van der Waals surface area contributed by atoms with Gasteiger partial charge in [-0.15, -0.1) is 10.2 Å². The summed E-state index contributed by atoms with van der Waals surface area (Å²) < 4.78 is 7.68. The summed E-state index contributed by atoms with van der Waals surface area (Å²) in [5.41, 5.74) is 2.25. The van der Waals surface area contributed by atoms with Crippen molar-refractivity contribution in [2.24, 2.45) is 7.05 Å². The Morgan fingerprint density at radius 3 is 3.00 bits per heavy atom. The van der Waals surface area contributed by atoms with Crippen molar-refractivity contribution in [3.63, 3.8) is 0 Å². The van der Waals surface area contributed by atoms with Crippen LogP contribution in [-0.4, -0.2) is 39.2 Å². The van der Waals surface area contributed by atoms with Crippen molar-refractivity contribution in [2.45, 2.75) is 44.6 Å². The molecule has 2 heterocycles. The van der Waals surface area contributed by atoms with Crippen molar-refractivity contribution in [3.05, 3.63) is 41.0 Å². The van der Waals surface area contributed by atoms with E-state index >= 15 is 0 Å². The van der Waals surface area contributed by atoms with E-state index in [4.69, 9.17) is 4.74 Å². The lowest BCUT2D eigenvalue weighted by atomic mass is 10.0. The van der Waals surface area contributed by atoms with Crippen molar-refractivity contribution in [1.82, 2.24) is 19.7 Å². The Balaban J connectivity index is 1.40. The van der Waals surface area contributed by atoms with Crippen molar-refractivity contribution in [1.29, 1.82) is 0 Å². The SMILES string of the molecule is CN(Cc1nnc(C2CC2)n1C)C(=O)Cc1ccc2c(c1)CCCO2. The third kappa shape index (κ3) is 3.38. The fourth-order valence-corrected chi connectivity index (χ4v) is 3.34. The van der Waals surface area contributed by atoms with Crippen molar-refractivity contribution >= 4 is 5.91 Å². The third-order valence-corrected chi connectivity index (χ3v) is 5.07. The summed E-state index contributed by atoms with van der Waals surface area (Å²) in [6.45, 7) is 1.28. The molecule has 1 aromatic carbocycles. The molecule has 1 amide bonds. The van der Waals surface area contributed by atoms with Gasteiger partial charge in [-0.25, -0.2) is 0 Å². The van der Waals surface area contributed by atoms with Gasteiger partial charge in [0.15, 0.2) is 5.82 Å². The molecular formula is C19H24N4O2. The number of carbonyl (C=O) groups is 1. The number of benzene rings is 1. The molecule has 0 radical (unpaired) electrons. The Hall–Kier alpha value is -2.37. The number of nitrogens with zero attached hydrogens (tertiary/aromatic N) is 4. The smallest absolute Gasteiger partial charge is 0.227 e. The van der Waals surface area contributed by atoms with E-state index in [1.54, 1.807) is 4.90 Å². The van der Waals surface area contributed by atoms with Gasteiger partial charge in [0, 0.05) is 20.0 Å². The highest BCUT2D eigenvalue weighted by Gasteiger charge is 2.29. The number of aryl methyl sites for hydroxylation is 1. The standard InChI is InChI=1S/C19H24N4O2/c1-22(12-17-20-21-19(23(17)2)14-6-7-14)18(24)11-13-5-8-16-15(10-13)4-3-9-25-16/h5,8,10,14H,3-4,6-7,9,11-12H2,1-2H3. The van der Waals surface area contributed by atoms with Gasteiger partial charge in [-0.1, -0.05) is 12.1 Å². The minimum Gasteiger partial charge on any atom is -0.493 e. The molecule has 2 aromatic rings. The first kappa shape index (κ1) is 16.1. The monoisotopic (exact) mass is 340 g/mol. The number of hydrogen-bond acceptors (Lipinski definition) is 4. The molecule has 0 spiro atoms. The van der Waals surface area contributed by atoms with Gasteiger partial charge in [0.1, 0.15) is 11.6 Å². The van der Waals surface area contributed by atoms with E-state index in [1.807, 2.05) is 30.8 Å². The van der Waals surface area contributed by atoms with E-state index in [1.165, 1.54) is 18.4 Å². The van der Waals surface area contributed by atoms with Crippen LogP contribution < -0.4 is 4.74 Å². The number of likely N-dealkylation sites (N-methyl/N-ethyl adjacent to an activating group) is 1. The van der Waals surface area contributed by atoms with Crippen LogP contribution in [0.4, 0.5) is 0 Å². The first-order valence-corrected chi connectivity index (χ1v) is 8.98. The predicted octanol–water partition coefficient (Wildman–Crippen LogP) is 2.22. The molecular weight excluding hydrogens is 316 g/mol. The van der Waals surface area contributed by atoms with Gasteiger partial charge in [-0.2, -0.15) is 0 Å². The highest BCUT2D eigenvalue weighted by atomic mass is 16.5. The molecule has 2 aliphatic rings. The molecule has 1 fully saturated rings. The maximum Gasteiger partial charge on any atom is 0.227 e. The number of ether oxygens (including phenoxy) is 1. The fraction of sp³-hybridized carbons (Fsp3) is 0.526. The van der Waals surface area contributed by atoms with E-state index in [2.05, 4.69) is 16.3 Å². The zero-order valence-corrected chi connectivity index (χ0v) is 14.9. The lowest BCUT2D eigenvalue weighted by Gasteiger charge is -2.19. The van der Waals surface area contributed by atoms with E-state index in [0.717, 1.165) is 42.4 Å². The maximum atomic E-state index is 12.6. The van der Waals surface area contributed by atoms with Crippen LogP contribution in [0.3, 0.4) is 0 Å². The number of fused-ring (bicyclic) bond motifs is 1. The van der Waals surface area contributed by atoms with Crippen molar-refractivity contribution in [2.75, 3.05) is 13.7 Å². The number of carbonyl (C=O) groups excluding carboxylic acids is 1. The summed E-state index contributed by atoms with van der Waals surface area (Å²) in [5.74, 6) is 3.50. The highest BCUT2D eigenvalue weighted by molar-refractivity contribution is 5.78. The second-order valence-electron chi connectivity index (χ2n) is 7.13. The zero-order chi connectivity index (χ0) is 17.4. The van der Waals surface area contributed by atoms with Crippen LogP contribution in [0.25, 0.3) is 0 Å². The van der Waals surface area contributed by atoms with Crippen LogP contribution in [0.1, 0.15) is 48.0 Å². The van der Waals surface area contributed by atoms with Crippen LogP contribution in [0.5, 0.6) is 5.75 Å². The van der Waals surface area contributed by atoms with Crippen LogP contribution >= 0.6 is 0 Å². The molecule has 4 rings (SSSR count). The first-order chi connectivity index (χ1) is 12.1. The number of amides is 1. The largest absolute Gasteiger partial charge is 0.493 e. The topological polar surface area (TPSA) is 60.2 Å². The molecule has 132 valence electrons. The van der Waals surface area contributed by atoms with Gasteiger partial charge >= 0.3 is 0 Å². The molecule has 0 bridgehead atoms. The number of hydrogen-bond donors (Lipinski definition) is 0. The van der Waals surface area contributed by atoms with Gasteiger partial charge in [-0.05, 0) is 42.9 Å². The van der Waals surface area contributed by atoms with Gasteiger partial charge in [0.2, 0.25) is 5.91 Å². The Labute approximate surface area is 147 Å². The lowest BCUT2D eigenvalue weighted by Crippen LogP contribution is -2.29. The molecule has 1 aliphatic carbocycles. The molecule has 0 N–H and O–H groups in total. The maximum absolute atomic E-state index is 12.6. The number of rotatable bonds is 5. The summed E-state index contributed by atoms with van der Waals surface area (Å²) in [4.78, 5) is 14.3. The average Bonchev–Trinajstić information content (AvgIpc) is 3.40. The van der Waals surface area contributed by atoms with E-state index < -0.39 is 0 Å². The molecule has 0 saturated heterocycles. The second-order valence-corrected chi connectivity index (χ2v) is 7.13. The predicted molar refractivity (Wildman–Crippen MR) is 93.4 cm³/mol. The Bertz CT molecular complexity index is 795. The second kappa shape index (κ2) is 6.50. The Morgan fingerprint density at radius 2 is 2.20 bits per heavy atom. The van der Waals surface area contributed by atoms with Crippen LogP contribution in [0.15, 0.2) is 18.2 Å². The van der Waals surface area contributed by atoms with Gasteiger partial charge < -0.3 is 14.2 Å². The summed E-state index contributed by atoms with van der Waals surface area (Å²) in [7, 11) is 3.82. The Morgan fingerprint density at radius 1 is 1.36 bits per heavy atom. The molecule has 0 unspecified atom stereocenters.